The molecule has 128 valence electrons. The van der Waals surface area contributed by atoms with E-state index in [1.54, 1.807) is 12.1 Å². The van der Waals surface area contributed by atoms with Gasteiger partial charge in [0.15, 0.2) is 9.84 Å². The Balaban J connectivity index is 2.04. The highest BCUT2D eigenvalue weighted by Crippen LogP contribution is 2.63. The molecule has 0 aromatic heterocycles. The van der Waals surface area contributed by atoms with Gasteiger partial charge in [0.1, 0.15) is 0 Å². The Hall–Kier alpha value is -0.920. The van der Waals surface area contributed by atoms with Gasteiger partial charge in [-0.15, -0.1) is 0 Å². The van der Waals surface area contributed by atoms with Crippen LogP contribution in [0, 0.1) is 5.41 Å². The first-order chi connectivity index (χ1) is 11.4. The molecule has 1 saturated carbocycles. The summed E-state index contributed by atoms with van der Waals surface area (Å²) in [6.45, 7) is 0.448. The maximum absolute atomic E-state index is 13.1. The third-order valence-electron chi connectivity index (χ3n) is 4.85. The second-order valence-electron chi connectivity index (χ2n) is 6.09. The van der Waals surface area contributed by atoms with Crippen LogP contribution in [0.15, 0.2) is 57.9 Å². The average Bonchev–Trinajstić information content (AvgIpc) is 3.26. The molecule has 1 aliphatic carbocycles. The van der Waals surface area contributed by atoms with Crippen LogP contribution >= 0.6 is 27.5 Å². The van der Waals surface area contributed by atoms with Crippen molar-refractivity contribution in [2.75, 3.05) is 13.1 Å². The van der Waals surface area contributed by atoms with Crippen LogP contribution in [0.5, 0.6) is 0 Å². The lowest BCUT2D eigenvalue weighted by atomic mass is 9.99. The Morgan fingerprint density at radius 1 is 1.00 bits per heavy atom. The third kappa shape index (κ3) is 2.80. The number of hydrogen-bond acceptors (Lipinski definition) is 4. The minimum atomic E-state index is -3.55. The number of sulfone groups is 1. The highest BCUT2D eigenvalue weighted by molar-refractivity contribution is 9.10. The van der Waals surface area contributed by atoms with Gasteiger partial charge in [-0.3, -0.25) is 0 Å². The molecule has 0 heterocycles. The zero-order valence-electron chi connectivity index (χ0n) is 12.8. The van der Waals surface area contributed by atoms with Crippen molar-refractivity contribution in [1.82, 2.24) is 0 Å². The Kier molecular flexibility index (Phi) is 4.79. The highest BCUT2D eigenvalue weighted by Gasteiger charge is 2.69. The Labute approximate surface area is 155 Å². The summed E-state index contributed by atoms with van der Waals surface area (Å²) >= 11 is 9.26. The molecule has 4 nitrogen and oxygen atoms in total. The molecule has 1 fully saturated rings. The number of nitrogens with two attached hydrogens (primary N) is 2. The summed E-state index contributed by atoms with van der Waals surface area (Å²) in [5, 5.41) is -0.125. The quantitative estimate of drug-likeness (QED) is 0.765. The molecule has 2 aromatic carbocycles. The van der Waals surface area contributed by atoms with Crippen molar-refractivity contribution >= 4 is 37.4 Å². The molecular formula is C17H18BrClN2O2S. The van der Waals surface area contributed by atoms with Crippen LogP contribution in [0.3, 0.4) is 0 Å². The van der Waals surface area contributed by atoms with Gasteiger partial charge in [-0.1, -0.05) is 39.7 Å². The fourth-order valence-electron chi connectivity index (χ4n) is 3.46. The topological polar surface area (TPSA) is 86.2 Å². The second kappa shape index (κ2) is 6.42. The van der Waals surface area contributed by atoms with E-state index in [0.29, 0.717) is 5.02 Å². The largest absolute Gasteiger partial charge is 0.330 e. The van der Waals surface area contributed by atoms with E-state index in [2.05, 4.69) is 15.9 Å². The molecule has 0 unspecified atom stereocenters. The molecule has 0 bridgehead atoms. The zero-order chi connectivity index (χ0) is 17.5. The summed E-state index contributed by atoms with van der Waals surface area (Å²) in [7, 11) is -3.55. The van der Waals surface area contributed by atoms with Gasteiger partial charge in [-0.2, -0.15) is 0 Å². The summed E-state index contributed by atoms with van der Waals surface area (Å²) < 4.78 is 27.2. The van der Waals surface area contributed by atoms with E-state index in [1.165, 1.54) is 12.1 Å². The number of halogens is 2. The molecule has 7 heteroatoms. The Morgan fingerprint density at radius 2 is 1.54 bits per heavy atom. The van der Waals surface area contributed by atoms with Crippen LogP contribution in [0.4, 0.5) is 0 Å². The average molecular weight is 430 g/mol. The fraction of sp³-hybridized carbons (Fsp3) is 0.294. The Bertz CT molecular complexity index is 834. The SMILES string of the molecule is NCC1(CN)[C@H](c2ccc(Br)cc2)[C@H]1S(=O)(=O)c1ccc(Cl)cc1. The summed E-state index contributed by atoms with van der Waals surface area (Å²) in [6.07, 6.45) is 0. The van der Waals surface area contributed by atoms with E-state index in [1.807, 2.05) is 24.3 Å². The van der Waals surface area contributed by atoms with Gasteiger partial charge in [0.2, 0.25) is 0 Å². The monoisotopic (exact) mass is 428 g/mol. The van der Waals surface area contributed by atoms with Gasteiger partial charge in [0.25, 0.3) is 0 Å². The first kappa shape index (κ1) is 17.9. The predicted octanol–water partition coefficient (Wildman–Crippen LogP) is 2.95. The molecule has 1 aliphatic rings. The van der Waals surface area contributed by atoms with Crippen molar-refractivity contribution in [3.8, 4) is 0 Å². The van der Waals surface area contributed by atoms with Gasteiger partial charge in [-0.25, -0.2) is 8.42 Å². The third-order valence-corrected chi connectivity index (χ3v) is 7.97. The number of rotatable bonds is 5. The van der Waals surface area contributed by atoms with Crippen molar-refractivity contribution in [2.24, 2.45) is 16.9 Å². The van der Waals surface area contributed by atoms with E-state index in [4.69, 9.17) is 23.1 Å². The standard InChI is InChI=1S/C17H18BrClN2O2S/c18-12-3-1-11(2-4-12)15-16(17(15,9-20)10-21)24(22,23)14-7-5-13(19)6-8-14/h1-8,15-16H,9-10,20-21H2/t15-,16-/m1/s1. The van der Waals surface area contributed by atoms with Gasteiger partial charge in [-0.05, 0) is 42.0 Å². The first-order valence-electron chi connectivity index (χ1n) is 7.52. The number of hydrogen-bond donors (Lipinski definition) is 2. The molecule has 2 aromatic rings. The molecular weight excluding hydrogens is 412 g/mol. The van der Waals surface area contributed by atoms with Crippen molar-refractivity contribution in [3.63, 3.8) is 0 Å². The molecule has 24 heavy (non-hydrogen) atoms. The van der Waals surface area contributed by atoms with E-state index >= 15 is 0 Å². The molecule has 0 amide bonds. The zero-order valence-corrected chi connectivity index (χ0v) is 16.0. The smallest absolute Gasteiger partial charge is 0.182 e. The van der Waals surface area contributed by atoms with Crippen LogP contribution in [-0.2, 0) is 9.84 Å². The van der Waals surface area contributed by atoms with Crippen LogP contribution in [-0.4, -0.2) is 26.8 Å². The molecule has 3 rings (SSSR count). The highest BCUT2D eigenvalue weighted by atomic mass is 79.9. The van der Waals surface area contributed by atoms with Crippen molar-refractivity contribution < 1.29 is 8.42 Å². The van der Waals surface area contributed by atoms with E-state index in [0.717, 1.165) is 10.0 Å². The van der Waals surface area contributed by atoms with Crippen LogP contribution in [0.1, 0.15) is 11.5 Å². The lowest BCUT2D eigenvalue weighted by molar-refractivity contribution is 0.510. The normalized spacial score (nSPS) is 22.3. The van der Waals surface area contributed by atoms with Crippen LogP contribution < -0.4 is 11.5 Å². The van der Waals surface area contributed by atoms with Gasteiger partial charge in [0.05, 0.1) is 10.1 Å². The second-order valence-corrected chi connectivity index (χ2v) is 9.51. The van der Waals surface area contributed by atoms with Crippen LogP contribution in [0.25, 0.3) is 0 Å². The van der Waals surface area contributed by atoms with Gasteiger partial charge in [0, 0.05) is 33.9 Å². The molecule has 0 radical (unpaired) electrons. The molecule has 0 aliphatic heterocycles. The summed E-state index contributed by atoms with van der Waals surface area (Å²) in [4.78, 5) is 0.253. The molecule has 0 spiro atoms. The fourth-order valence-corrected chi connectivity index (χ4v) is 6.32. The molecule has 0 saturated heterocycles. The maximum Gasteiger partial charge on any atom is 0.182 e. The lowest BCUT2D eigenvalue weighted by Gasteiger charge is -2.13. The molecule has 2 atom stereocenters. The summed E-state index contributed by atoms with van der Waals surface area (Å²) in [6, 6.07) is 13.9. The first-order valence-corrected chi connectivity index (χ1v) is 10.2. The summed E-state index contributed by atoms with van der Waals surface area (Å²) in [5.41, 5.74) is 12.2. The Morgan fingerprint density at radius 3 is 2.04 bits per heavy atom. The minimum absolute atomic E-state index is 0.207. The van der Waals surface area contributed by atoms with E-state index in [-0.39, 0.29) is 23.9 Å². The van der Waals surface area contributed by atoms with Gasteiger partial charge < -0.3 is 11.5 Å². The van der Waals surface area contributed by atoms with E-state index < -0.39 is 20.5 Å². The van der Waals surface area contributed by atoms with Crippen molar-refractivity contribution in [2.45, 2.75) is 16.1 Å². The van der Waals surface area contributed by atoms with E-state index in [9.17, 15) is 8.42 Å². The maximum atomic E-state index is 13.1. The predicted molar refractivity (Wildman–Crippen MR) is 99.9 cm³/mol. The van der Waals surface area contributed by atoms with Crippen LogP contribution in [0.2, 0.25) is 5.02 Å². The number of benzene rings is 2. The minimum Gasteiger partial charge on any atom is -0.330 e. The van der Waals surface area contributed by atoms with Crippen molar-refractivity contribution in [3.05, 3.63) is 63.6 Å². The van der Waals surface area contributed by atoms with Crippen molar-refractivity contribution in [1.29, 1.82) is 0 Å². The molecule has 4 N–H and O–H groups in total. The summed E-state index contributed by atoms with van der Waals surface area (Å²) in [5.74, 6) is -0.207. The van der Waals surface area contributed by atoms with Gasteiger partial charge >= 0.3 is 0 Å². The lowest BCUT2D eigenvalue weighted by Crippen LogP contribution is -2.31.